The Morgan fingerprint density at radius 1 is 1.50 bits per heavy atom. The van der Waals surface area contributed by atoms with Crippen molar-refractivity contribution >= 4 is 6.16 Å². The molecule has 0 bridgehead atoms. The van der Waals surface area contributed by atoms with Gasteiger partial charge in [-0.05, 0) is 18.8 Å². The van der Waals surface area contributed by atoms with Gasteiger partial charge in [0.15, 0.2) is 6.23 Å². The van der Waals surface area contributed by atoms with Crippen molar-refractivity contribution in [2.24, 2.45) is 5.92 Å². The zero-order valence-corrected chi connectivity index (χ0v) is 6.82. The summed E-state index contributed by atoms with van der Waals surface area (Å²) in [5.41, 5.74) is 0. The van der Waals surface area contributed by atoms with E-state index in [0.29, 0.717) is 12.0 Å². The van der Waals surface area contributed by atoms with Crippen molar-refractivity contribution < 1.29 is 14.6 Å². The van der Waals surface area contributed by atoms with Crippen LogP contribution in [0.1, 0.15) is 25.7 Å². The molecule has 12 heavy (non-hydrogen) atoms. The van der Waals surface area contributed by atoms with Crippen molar-refractivity contribution in [3.63, 3.8) is 0 Å². The molecule has 3 atom stereocenters. The lowest BCUT2D eigenvalue weighted by molar-refractivity contribution is 0.0420. The summed E-state index contributed by atoms with van der Waals surface area (Å²) in [5.74, 6) is 0.648. The molecular weight excluding hydrogens is 158 g/mol. The Bertz CT molecular complexity index is 183. The van der Waals surface area contributed by atoms with Crippen LogP contribution in [0, 0.1) is 5.92 Å². The summed E-state index contributed by atoms with van der Waals surface area (Å²) < 4.78 is 4.65. The average molecular weight is 171 g/mol. The predicted molar refractivity (Wildman–Crippen MR) is 41.8 cm³/mol. The van der Waals surface area contributed by atoms with Crippen LogP contribution in [-0.4, -0.2) is 23.5 Å². The van der Waals surface area contributed by atoms with Gasteiger partial charge in [-0.1, -0.05) is 6.42 Å². The van der Waals surface area contributed by atoms with Crippen LogP contribution < -0.4 is 5.32 Å². The van der Waals surface area contributed by atoms with Crippen LogP contribution in [0.15, 0.2) is 0 Å². The molecule has 1 heterocycles. The first kappa shape index (κ1) is 7.86. The highest BCUT2D eigenvalue weighted by molar-refractivity contribution is 5.57. The fourth-order valence-corrected chi connectivity index (χ4v) is 2.32. The maximum Gasteiger partial charge on any atom is 0.507 e. The van der Waals surface area contributed by atoms with Gasteiger partial charge in [-0.15, -0.1) is 0 Å². The van der Waals surface area contributed by atoms with Crippen LogP contribution in [0.25, 0.3) is 0 Å². The highest BCUT2D eigenvalue weighted by atomic mass is 16.7. The zero-order chi connectivity index (χ0) is 8.55. The molecule has 0 aromatic carbocycles. The third-order valence-corrected chi connectivity index (χ3v) is 2.82. The van der Waals surface area contributed by atoms with Crippen LogP contribution in [0.3, 0.4) is 0 Å². The lowest BCUT2D eigenvalue weighted by Gasteiger charge is -2.10. The smallest absolute Gasteiger partial charge is 0.450 e. The highest BCUT2D eigenvalue weighted by Gasteiger charge is 2.38. The second-order valence-electron chi connectivity index (χ2n) is 3.57. The lowest BCUT2D eigenvalue weighted by Crippen LogP contribution is -2.32. The second-order valence-corrected chi connectivity index (χ2v) is 3.57. The van der Waals surface area contributed by atoms with Gasteiger partial charge in [-0.2, -0.15) is 0 Å². The molecule has 0 aromatic rings. The van der Waals surface area contributed by atoms with Gasteiger partial charge in [0.05, 0.1) is 0 Å². The van der Waals surface area contributed by atoms with Crippen LogP contribution in [0.5, 0.6) is 0 Å². The van der Waals surface area contributed by atoms with Crippen molar-refractivity contribution in [1.29, 1.82) is 0 Å². The number of hydrogen-bond donors (Lipinski definition) is 2. The van der Waals surface area contributed by atoms with E-state index < -0.39 is 6.16 Å². The van der Waals surface area contributed by atoms with E-state index in [-0.39, 0.29) is 6.23 Å². The minimum absolute atomic E-state index is 0.252. The van der Waals surface area contributed by atoms with E-state index in [1.165, 1.54) is 19.3 Å². The summed E-state index contributed by atoms with van der Waals surface area (Å²) in [6.45, 7) is 0. The summed E-state index contributed by atoms with van der Waals surface area (Å²) >= 11 is 0. The van der Waals surface area contributed by atoms with Crippen molar-refractivity contribution in [1.82, 2.24) is 5.32 Å². The summed E-state index contributed by atoms with van der Waals surface area (Å²) in [7, 11) is 0. The molecule has 2 aliphatic rings. The van der Waals surface area contributed by atoms with Gasteiger partial charge in [-0.3, -0.25) is 5.32 Å². The predicted octanol–water partition coefficient (Wildman–Crippen LogP) is 1.17. The van der Waals surface area contributed by atoms with Crippen molar-refractivity contribution in [3.05, 3.63) is 0 Å². The monoisotopic (exact) mass is 171 g/mol. The summed E-state index contributed by atoms with van der Waals surface area (Å²) in [5, 5.41) is 11.6. The molecule has 0 aromatic heterocycles. The van der Waals surface area contributed by atoms with Crippen molar-refractivity contribution in [2.45, 2.75) is 38.0 Å². The molecule has 4 heteroatoms. The Labute approximate surface area is 70.9 Å². The first-order chi connectivity index (χ1) is 5.75. The first-order valence-corrected chi connectivity index (χ1v) is 4.41. The largest absolute Gasteiger partial charge is 0.507 e. The molecule has 1 saturated carbocycles. The molecule has 0 spiro atoms. The minimum Gasteiger partial charge on any atom is -0.450 e. The number of rotatable bonds is 1. The first-order valence-electron chi connectivity index (χ1n) is 4.41. The molecular formula is C8H13NO3. The van der Waals surface area contributed by atoms with Crippen molar-refractivity contribution in [2.75, 3.05) is 0 Å². The number of fused-ring (bicyclic) bond motifs is 1. The molecule has 2 fully saturated rings. The topological polar surface area (TPSA) is 58.6 Å². The number of carbonyl (C=O) groups is 1. The van der Waals surface area contributed by atoms with Gasteiger partial charge < -0.3 is 9.84 Å². The van der Waals surface area contributed by atoms with E-state index in [0.717, 1.165) is 6.42 Å². The molecule has 0 amide bonds. The molecule has 0 radical (unpaired) electrons. The molecule has 1 aliphatic carbocycles. The molecule has 1 aliphatic heterocycles. The Hall–Kier alpha value is -0.770. The van der Waals surface area contributed by atoms with Crippen LogP contribution in [0.4, 0.5) is 4.79 Å². The van der Waals surface area contributed by atoms with E-state index in [9.17, 15) is 4.79 Å². The van der Waals surface area contributed by atoms with Gasteiger partial charge in [0.1, 0.15) is 0 Å². The Kier molecular flexibility index (Phi) is 1.92. The van der Waals surface area contributed by atoms with Gasteiger partial charge in [0, 0.05) is 12.5 Å². The second kappa shape index (κ2) is 2.94. The maximum absolute atomic E-state index is 10.2. The van der Waals surface area contributed by atoms with E-state index in [2.05, 4.69) is 10.1 Å². The van der Waals surface area contributed by atoms with Crippen molar-refractivity contribution in [3.8, 4) is 0 Å². The molecule has 2 N–H and O–H groups in total. The highest BCUT2D eigenvalue weighted by Crippen LogP contribution is 2.34. The SMILES string of the molecule is O=C(O)O[C@H]1C[C@@H]2CCC[C@@H]2N1. The zero-order valence-electron chi connectivity index (χ0n) is 6.82. The van der Waals surface area contributed by atoms with E-state index >= 15 is 0 Å². The Balaban J connectivity index is 1.86. The fraction of sp³-hybridized carbons (Fsp3) is 0.875. The van der Waals surface area contributed by atoms with E-state index in [1.54, 1.807) is 0 Å². The van der Waals surface area contributed by atoms with Gasteiger partial charge in [-0.25, -0.2) is 4.79 Å². The summed E-state index contributed by atoms with van der Waals surface area (Å²) in [4.78, 5) is 10.2. The molecule has 1 saturated heterocycles. The third-order valence-electron chi connectivity index (χ3n) is 2.82. The maximum atomic E-state index is 10.2. The minimum atomic E-state index is -1.17. The van der Waals surface area contributed by atoms with Crippen LogP contribution >= 0.6 is 0 Å². The van der Waals surface area contributed by atoms with Gasteiger partial charge in [0.2, 0.25) is 0 Å². The number of nitrogens with one attached hydrogen (secondary N) is 1. The molecule has 4 nitrogen and oxygen atoms in total. The Morgan fingerprint density at radius 3 is 3.00 bits per heavy atom. The number of ether oxygens (including phenoxy) is 1. The molecule has 0 unspecified atom stereocenters. The molecule has 2 rings (SSSR count). The van der Waals surface area contributed by atoms with Gasteiger partial charge >= 0.3 is 6.16 Å². The summed E-state index contributed by atoms with van der Waals surface area (Å²) in [6, 6.07) is 0.509. The average Bonchev–Trinajstić information content (AvgIpc) is 2.43. The lowest BCUT2D eigenvalue weighted by atomic mass is 10.0. The third kappa shape index (κ3) is 1.39. The normalized spacial score (nSPS) is 39.5. The van der Waals surface area contributed by atoms with Crippen LogP contribution in [-0.2, 0) is 4.74 Å². The standard InChI is InChI=1S/C8H13NO3/c10-8(11)12-7-4-5-2-1-3-6(5)9-7/h5-7,9H,1-4H2,(H,10,11)/t5-,6-,7-/m0/s1. The van der Waals surface area contributed by atoms with E-state index in [1.807, 2.05) is 0 Å². The summed E-state index contributed by atoms with van der Waals surface area (Å²) in [6.07, 6.45) is 3.09. The fourth-order valence-electron chi connectivity index (χ4n) is 2.32. The van der Waals surface area contributed by atoms with E-state index in [4.69, 9.17) is 5.11 Å². The molecule has 68 valence electrons. The number of carboxylic acid groups (broad SMARTS) is 1. The van der Waals surface area contributed by atoms with Crippen LogP contribution in [0.2, 0.25) is 0 Å². The number of hydrogen-bond acceptors (Lipinski definition) is 3. The van der Waals surface area contributed by atoms with Gasteiger partial charge in [0.25, 0.3) is 0 Å². The Morgan fingerprint density at radius 2 is 2.33 bits per heavy atom. The quantitative estimate of drug-likeness (QED) is 0.581.